The largest absolute Gasteiger partial charge is 0.507 e. The van der Waals surface area contributed by atoms with Gasteiger partial charge in [-0.05, 0) is 29.7 Å². The highest BCUT2D eigenvalue weighted by molar-refractivity contribution is 7.86. The molecule has 0 unspecified atom stereocenters. The molecule has 0 atom stereocenters. The Morgan fingerprint density at radius 1 is 0.812 bits per heavy atom. The van der Waals surface area contributed by atoms with E-state index >= 15 is 0 Å². The second-order valence-corrected chi connectivity index (χ2v) is 9.08. The van der Waals surface area contributed by atoms with Crippen LogP contribution in [0.25, 0.3) is 10.8 Å². The molecule has 0 bridgehead atoms. The van der Waals surface area contributed by atoms with E-state index in [1.807, 2.05) is 0 Å². The van der Waals surface area contributed by atoms with Gasteiger partial charge in [0.15, 0.2) is 5.75 Å². The third-order valence-electron chi connectivity index (χ3n) is 4.16. The molecule has 13 nitrogen and oxygen atoms in total. The fourth-order valence-corrected chi connectivity index (χ4v) is 3.95. The minimum absolute atomic E-state index is 0.167. The zero-order valence-electron chi connectivity index (χ0n) is 15.4. The van der Waals surface area contributed by atoms with Gasteiger partial charge >= 0.3 is 5.97 Å². The topological polar surface area (TPSA) is 231 Å². The summed E-state index contributed by atoms with van der Waals surface area (Å²) in [5.41, 5.74) is -1.47. The van der Waals surface area contributed by atoms with E-state index in [1.165, 1.54) is 0 Å². The lowest BCUT2D eigenvalue weighted by molar-refractivity contribution is 0.0693. The highest BCUT2D eigenvalue weighted by atomic mass is 32.2. The molecular formula is C17H12N2O11S2. The van der Waals surface area contributed by atoms with Crippen LogP contribution in [-0.4, -0.2) is 52.3 Å². The molecule has 168 valence electrons. The predicted molar refractivity (Wildman–Crippen MR) is 106 cm³/mol. The maximum Gasteiger partial charge on any atom is 0.339 e. The molecule has 0 fully saturated rings. The quantitative estimate of drug-likeness (QED) is 0.227. The molecule has 6 N–H and O–H groups in total. The highest BCUT2D eigenvalue weighted by Gasteiger charge is 2.25. The number of benzene rings is 3. The van der Waals surface area contributed by atoms with Gasteiger partial charge in [-0.1, -0.05) is 0 Å². The van der Waals surface area contributed by atoms with Gasteiger partial charge in [0, 0.05) is 12.1 Å². The smallest absolute Gasteiger partial charge is 0.339 e. The second kappa shape index (κ2) is 7.72. The minimum atomic E-state index is -5.07. The summed E-state index contributed by atoms with van der Waals surface area (Å²) in [6.07, 6.45) is 0. The predicted octanol–water partition coefficient (Wildman–Crippen LogP) is 2.56. The average molecular weight is 484 g/mol. The molecule has 32 heavy (non-hydrogen) atoms. The van der Waals surface area contributed by atoms with Crippen LogP contribution in [-0.2, 0) is 20.2 Å². The first kappa shape index (κ1) is 22.9. The van der Waals surface area contributed by atoms with Crippen molar-refractivity contribution in [2.75, 3.05) is 0 Å². The standard InChI is InChI=1S/C17H12N2O11S2/c20-11-5-8(1-2-10(11)17(23)24)18-19-15-13(32(28,29)30)4-7-3-9(31(25,26)27)6-12(21)14(7)16(15)22/h1-6,20-22H,(H,23,24)(H,25,26,27)(H,28,29,30). The lowest BCUT2D eigenvalue weighted by Gasteiger charge is -2.11. The van der Waals surface area contributed by atoms with Gasteiger partial charge in [0.05, 0.1) is 16.0 Å². The number of hydrogen-bond acceptors (Lipinski definition) is 10. The summed E-state index contributed by atoms with van der Waals surface area (Å²) >= 11 is 0. The Bertz CT molecular complexity index is 1530. The first-order valence-corrected chi connectivity index (χ1v) is 11.0. The summed E-state index contributed by atoms with van der Waals surface area (Å²) < 4.78 is 65.0. The second-order valence-electron chi connectivity index (χ2n) is 6.27. The molecule has 3 aromatic carbocycles. The van der Waals surface area contributed by atoms with Crippen LogP contribution in [0.5, 0.6) is 17.2 Å². The third-order valence-corrected chi connectivity index (χ3v) is 5.85. The fraction of sp³-hybridized carbons (Fsp3) is 0. The number of aromatic hydroxyl groups is 3. The zero-order valence-corrected chi connectivity index (χ0v) is 17.0. The number of phenols is 3. The number of fused-ring (bicyclic) bond motifs is 1. The number of phenolic OH excluding ortho intramolecular Hbond substituents is 2. The van der Waals surface area contributed by atoms with Crippen LogP contribution >= 0.6 is 0 Å². The SMILES string of the molecule is O=C(O)c1ccc(N=Nc2c(S(=O)(=O)O)cc3cc(S(=O)(=O)O)cc(O)c3c2O)cc1O. The molecule has 0 aromatic heterocycles. The number of azo groups is 1. The van der Waals surface area contributed by atoms with Gasteiger partial charge in [0.25, 0.3) is 20.2 Å². The first-order valence-electron chi connectivity index (χ1n) is 8.16. The maximum absolute atomic E-state index is 11.8. The molecule has 0 heterocycles. The highest BCUT2D eigenvalue weighted by Crippen LogP contribution is 2.45. The summed E-state index contributed by atoms with van der Waals surface area (Å²) in [6.45, 7) is 0. The van der Waals surface area contributed by atoms with Crippen molar-refractivity contribution in [2.24, 2.45) is 10.2 Å². The van der Waals surface area contributed by atoms with E-state index in [0.717, 1.165) is 24.3 Å². The van der Waals surface area contributed by atoms with E-state index < -0.39 is 69.9 Å². The van der Waals surface area contributed by atoms with Gasteiger partial charge in [0.1, 0.15) is 27.6 Å². The summed E-state index contributed by atoms with van der Waals surface area (Å²) in [4.78, 5) is 9.10. The zero-order chi connectivity index (χ0) is 24.0. The fourth-order valence-electron chi connectivity index (χ4n) is 2.75. The van der Waals surface area contributed by atoms with Crippen molar-refractivity contribution in [3.05, 3.63) is 42.0 Å². The average Bonchev–Trinajstić information content (AvgIpc) is 2.64. The van der Waals surface area contributed by atoms with E-state index in [1.54, 1.807) is 0 Å². The van der Waals surface area contributed by atoms with Gasteiger partial charge in [0.2, 0.25) is 0 Å². The van der Waals surface area contributed by atoms with E-state index in [9.17, 15) is 41.5 Å². The van der Waals surface area contributed by atoms with Crippen LogP contribution in [0.15, 0.2) is 56.4 Å². The summed E-state index contributed by atoms with van der Waals surface area (Å²) in [7, 11) is -9.88. The van der Waals surface area contributed by atoms with Crippen LogP contribution in [0.2, 0.25) is 0 Å². The van der Waals surface area contributed by atoms with Crippen LogP contribution in [0.3, 0.4) is 0 Å². The van der Waals surface area contributed by atoms with Gasteiger partial charge in [-0.3, -0.25) is 9.11 Å². The van der Waals surface area contributed by atoms with Crippen LogP contribution < -0.4 is 0 Å². The molecular weight excluding hydrogens is 472 g/mol. The number of nitrogens with zero attached hydrogens (tertiary/aromatic N) is 2. The summed E-state index contributed by atoms with van der Waals surface area (Å²) in [5.74, 6) is -3.98. The lowest BCUT2D eigenvalue weighted by atomic mass is 10.1. The monoisotopic (exact) mass is 484 g/mol. The Labute approximate surface area is 179 Å². The van der Waals surface area contributed by atoms with Crippen molar-refractivity contribution in [1.29, 1.82) is 0 Å². The number of carbonyl (C=O) groups is 1. The minimum Gasteiger partial charge on any atom is -0.507 e. The van der Waals surface area contributed by atoms with E-state index in [4.69, 9.17) is 9.66 Å². The van der Waals surface area contributed by atoms with Crippen molar-refractivity contribution in [2.45, 2.75) is 9.79 Å². The molecule has 0 aliphatic carbocycles. The maximum atomic E-state index is 11.8. The van der Waals surface area contributed by atoms with Crippen molar-refractivity contribution < 1.29 is 51.2 Å². The molecule has 0 aliphatic heterocycles. The van der Waals surface area contributed by atoms with Gasteiger partial charge < -0.3 is 20.4 Å². The van der Waals surface area contributed by atoms with E-state index in [-0.39, 0.29) is 11.1 Å². The summed E-state index contributed by atoms with van der Waals surface area (Å²) in [5, 5.41) is 45.5. The van der Waals surface area contributed by atoms with Gasteiger partial charge in [-0.2, -0.15) is 21.9 Å². The third kappa shape index (κ3) is 4.30. The molecule has 0 radical (unpaired) electrons. The van der Waals surface area contributed by atoms with Crippen molar-refractivity contribution in [3.8, 4) is 17.2 Å². The number of aromatic carboxylic acids is 1. The molecule has 0 aliphatic rings. The number of rotatable bonds is 5. The Morgan fingerprint density at radius 2 is 1.47 bits per heavy atom. The molecule has 15 heteroatoms. The van der Waals surface area contributed by atoms with Gasteiger partial charge in [-0.25, -0.2) is 4.79 Å². The Kier molecular flexibility index (Phi) is 5.52. The number of hydrogen-bond donors (Lipinski definition) is 6. The van der Waals surface area contributed by atoms with Crippen LogP contribution in [0, 0.1) is 0 Å². The van der Waals surface area contributed by atoms with Crippen LogP contribution in [0.1, 0.15) is 10.4 Å². The molecule has 0 amide bonds. The normalized spacial score (nSPS) is 12.4. The van der Waals surface area contributed by atoms with Crippen molar-refractivity contribution in [1.82, 2.24) is 0 Å². The Hall–Kier alpha value is -3.79. The van der Waals surface area contributed by atoms with Crippen molar-refractivity contribution in [3.63, 3.8) is 0 Å². The van der Waals surface area contributed by atoms with Crippen LogP contribution in [0.4, 0.5) is 11.4 Å². The number of carboxylic acids is 1. The molecule has 3 rings (SSSR count). The summed E-state index contributed by atoms with van der Waals surface area (Å²) in [6, 6.07) is 4.98. The first-order chi connectivity index (χ1) is 14.7. The molecule has 3 aromatic rings. The van der Waals surface area contributed by atoms with E-state index in [2.05, 4.69) is 10.2 Å². The van der Waals surface area contributed by atoms with Crippen molar-refractivity contribution >= 4 is 48.4 Å². The molecule has 0 saturated carbocycles. The Morgan fingerprint density at radius 3 is 2.00 bits per heavy atom. The lowest BCUT2D eigenvalue weighted by Crippen LogP contribution is -2.01. The molecule has 0 saturated heterocycles. The van der Waals surface area contributed by atoms with Gasteiger partial charge in [-0.15, -0.1) is 5.11 Å². The Balaban J connectivity index is 2.27. The van der Waals surface area contributed by atoms with E-state index in [0.29, 0.717) is 12.1 Å². The number of carboxylic acid groups (broad SMARTS) is 1. The molecule has 0 spiro atoms.